The zero-order valence-corrected chi connectivity index (χ0v) is 22.5. The fraction of sp³-hybridized carbons (Fsp3) is 0.367. The minimum Gasteiger partial charge on any atom is -0.394 e. The van der Waals surface area contributed by atoms with E-state index >= 15 is 0 Å². The lowest BCUT2D eigenvalue weighted by atomic mass is 9.74. The molecule has 6 rings (SSSR count). The van der Waals surface area contributed by atoms with Crippen molar-refractivity contribution >= 4 is 40.7 Å². The van der Waals surface area contributed by atoms with Crippen molar-refractivity contribution in [3.05, 3.63) is 83.9 Å². The average Bonchev–Trinajstić information content (AvgIpc) is 3.21. The molecule has 202 valence electrons. The van der Waals surface area contributed by atoms with Crippen LogP contribution < -0.4 is 9.80 Å². The maximum absolute atomic E-state index is 14.4. The van der Waals surface area contributed by atoms with Gasteiger partial charge in [-0.05, 0) is 50.2 Å². The highest BCUT2D eigenvalue weighted by Crippen LogP contribution is 2.58. The minimum atomic E-state index is -1.39. The molecular weight excluding hydrogens is 518 g/mol. The first-order chi connectivity index (χ1) is 18.7. The van der Waals surface area contributed by atoms with Crippen LogP contribution >= 0.6 is 11.6 Å². The molecule has 6 atom stereocenters. The number of rotatable bonds is 4. The molecule has 1 unspecified atom stereocenters. The highest BCUT2D eigenvalue weighted by Gasteiger charge is 2.75. The summed E-state index contributed by atoms with van der Waals surface area (Å²) in [6.07, 6.45) is 7.37. The van der Waals surface area contributed by atoms with Gasteiger partial charge in [0.15, 0.2) is 0 Å². The van der Waals surface area contributed by atoms with Gasteiger partial charge in [0.2, 0.25) is 11.8 Å². The monoisotopic (exact) mass is 547 g/mol. The van der Waals surface area contributed by atoms with E-state index in [1.807, 2.05) is 55.5 Å². The summed E-state index contributed by atoms with van der Waals surface area (Å²) in [5.74, 6) is -2.77. The number of fused-ring (bicyclic) bond motifs is 2. The molecule has 9 heteroatoms. The number of aliphatic hydroxyl groups is 1. The Morgan fingerprint density at radius 2 is 1.51 bits per heavy atom. The molecule has 8 nitrogen and oxygen atoms in total. The van der Waals surface area contributed by atoms with Crippen molar-refractivity contribution in [2.75, 3.05) is 29.5 Å². The van der Waals surface area contributed by atoms with Gasteiger partial charge in [0, 0.05) is 29.5 Å². The second-order valence-electron chi connectivity index (χ2n) is 10.8. The van der Waals surface area contributed by atoms with E-state index in [9.17, 15) is 19.5 Å². The first kappa shape index (κ1) is 25.8. The van der Waals surface area contributed by atoms with Gasteiger partial charge in [-0.2, -0.15) is 0 Å². The molecule has 4 aliphatic rings. The SMILES string of the molecule is C[C@H](CO)N1C(=O)[C@@H]2[C@@H]3C(=O)N(c4ccccc4)CC=C[C@]3(C)O[C@@]23C=CCN(c2ccc(Cl)cc2)C(=O)C13. The molecule has 3 amide bonds. The Balaban J connectivity index is 1.49. The molecule has 39 heavy (non-hydrogen) atoms. The molecule has 0 radical (unpaired) electrons. The van der Waals surface area contributed by atoms with Gasteiger partial charge in [-0.25, -0.2) is 0 Å². The summed E-state index contributed by atoms with van der Waals surface area (Å²) in [6.45, 7) is 3.77. The quantitative estimate of drug-likeness (QED) is 0.594. The summed E-state index contributed by atoms with van der Waals surface area (Å²) >= 11 is 6.09. The van der Waals surface area contributed by atoms with E-state index in [0.29, 0.717) is 17.3 Å². The van der Waals surface area contributed by atoms with Crippen molar-refractivity contribution < 1.29 is 24.2 Å². The number of amides is 3. The van der Waals surface area contributed by atoms with Crippen molar-refractivity contribution in [2.24, 2.45) is 11.8 Å². The average molecular weight is 548 g/mol. The number of hydrogen-bond donors (Lipinski definition) is 1. The van der Waals surface area contributed by atoms with Crippen molar-refractivity contribution in [1.82, 2.24) is 4.90 Å². The molecule has 0 aliphatic carbocycles. The predicted molar refractivity (Wildman–Crippen MR) is 147 cm³/mol. The molecule has 2 saturated heterocycles. The van der Waals surface area contributed by atoms with Crippen LogP contribution in [0.25, 0.3) is 0 Å². The van der Waals surface area contributed by atoms with Gasteiger partial charge >= 0.3 is 0 Å². The number of nitrogens with zero attached hydrogens (tertiary/aromatic N) is 3. The van der Waals surface area contributed by atoms with Crippen LogP contribution in [0.2, 0.25) is 5.02 Å². The minimum absolute atomic E-state index is 0.235. The van der Waals surface area contributed by atoms with Crippen molar-refractivity contribution in [1.29, 1.82) is 0 Å². The fourth-order valence-corrected chi connectivity index (χ4v) is 6.84. The standard InChI is InChI=1S/C30H30ClN3O5/c1-19(18-35)34-25-28(38)33(22-12-10-20(31)11-13-22)17-7-15-30(25)24(27(34)37)23-26(36)32(21-8-4-3-5-9-21)16-6-14-29(23,2)39-30/h3-15,19,23-25,35H,16-18H2,1-2H3/t19-,23-,24+,25?,29+,30+/m1/s1. The zero-order chi connectivity index (χ0) is 27.5. The normalized spacial score (nSPS) is 32.6. The first-order valence-corrected chi connectivity index (χ1v) is 13.5. The maximum atomic E-state index is 14.4. The van der Waals surface area contributed by atoms with Crippen LogP contribution in [0.1, 0.15) is 13.8 Å². The Bertz CT molecular complexity index is 1380. The Labute approximate surface area is 232 Å². The van der Waals surface area contributed by atoms with Crippen LogP contribution in [0.3, 0.4) is 0 Å². The van der Waals surface area contributed by atoms with Crippen LogP contribution in [0.4, 0.5) is 11.4 Å². The summed E-state index contributed by atoms with van der Waals surface area (Å²) in [7, 11) is 0. The molecule has 1 spiro atoms. The summed E-state index contributed by atoms with van der Waals surface area (Å²) < 4.78 is 6.82. The van der Waals surface area contributed by atoms with Crippen LogP contribution in [-0.2, 0) is 19.1 Å². The number of hydrogen-bond acceptors (Lipinski definition) is 5. The lowest BCUT2D eigenvalue weighted by Crippen LogP contribution is -2.58. The zero-order valence-electron chi connectivity index (χ0n) is 21.7. The van der Waals surface area contributed by atoms with Crippen molar-refractivity contribution in [2.45, 2.75) is 37.1 Å². The Morgan fingerprint density at radius 3 is 2.18 bits per heavy atom. The topological polar surface area (TPSA) is 90.4 Å². The number of carbonyl (C=O) groups is 3. The van der Waals surface area contributed by atoms with Crippen LogP contribution in [0.5, 0.6) is 0 Å². The predicted octanol–water partition coefficient (Wildman–Crippen LogP) is 3.20. The van der Waals surface area contributed by atoms with E-state index in [1.54, 1.807) is 47.1 Å². The first-order valence-electron chi connectivity index (χ1n) is 13.1. The van der Waals surface area contributed by atoms with Crippen LogP contribution in [0.15, 0.2) is 78.9 Å². The van der Waals surface area contributed by atoms with Gasteiger partial charge in [0.05, 0.1) is 30.1 Å². The smallest absolute Gasteiger partial charge is 0.253 e. The Hall–Kier alpha value is -3.46. The van der Waals surface area contributed by atoms with Crippen LogP contribution in [-0.4, -0.2) is 70.7 Å². The molecule has 2 aromatic carbocycles. The molecule has 2 aromatic rings. The van der Waals surface area contributed by atoms with Gasteiger partial charge in [-0.1, -0.05) is 54.1 Å². The van der Waals surface area contributed by atoms with Gasteiger partial charge in [0.25, 0.3) is 5.91 Å². The van der Waals surface area contributed by atoms with Crippen LogP contribution in [0, 0.1) is 11.8 Å². The Kier molecular flexibility index (Phi) is 6.17. The molecule has 4 aliphatic heterocycles. The summed E-state index contributed by atoms with van der Waals surface area (Å²) in [6, 6.07) is 14.5. The third-order valence-corrected chi connectivity index (χ3v) is 8.69. The third-order valence-electron chi connectivity index (χ3n) is 8.44. The molecule has 1 N–H and O–H groups in total. The summed E-state index contributed by atoms with van der Waals surface area (Å²) in [5.41, 5.74) is -1.16. The summed E-state index contributed by atoms with van der Waals surface area (Å²) in [4.78, 5) is 47.6. The molecule has 0 bridgehead atoms. The molecule has 0 aromatic heterocycles. The second kappa shape index (κ2) is 9.33. The van der Waals surface area contributed by atoms with Gasteiger partial charge in [-0.15, -0.1) is 0 Å². The van der Waals surface area contributed by atoms with E-state index in [-0.39, 0.29) is 30.9 Å². The molecule has 4 heterocycles. The largest absolute Gasteiger partial charge is 0.394 e. The van der Waals surface area contributed by atoms with Crippen molar-refractivity contribution in [3.63, 3.8) is 0 Å². The van der Waals surface area contributed by atoms with E-state index in [4.69, 9.17) is 16.3 Å². The fourth-order valence-electron chi connectivity index (χ4n) is 6.72. The number of ether oxygens (including phenoxy) is 1. The van der Waals surface area contributed by atoms with Gasteiger partial charge in [0.1, 0.15) is 11.6 Å². The van der Waals surface area contributed by atoms with Crippen molar-refractivity contribution in [3.8, 4) is 0 Å². The number of likely N-dealkylation sites (tertiary alicyclic amines) is 1. The number of aliphatic hydroxyl groups excluding tert-OH is 1. The van der Waals surface area contributed by atoms with E-state index in [1.165, 1.54) is 4.90 Å². The number of anilines is 2. The lowest BCUT2D eigenvalue weighted by Gasteiger charge is -2.39. The highest BCUT2D eigenvalue weighted by molar-refractivity contribution is 6.30. The maximum Gasteiger partial charge on any atom is 0.253 e. The highest BCUT2D eigenvalue weighted by atomic mass is 35.5. The number of benzene rings is 2. The van der Waals surface area contributed by atoms with Gasteiger partial charge in [-0.3, -0.25) is 14.4 Å². The number of halogens is 1. The lowest BCUT2D eigenvalue weighted by molar-refractivity contribution is -0.147. The molecular formula is C30H30ClN3O5. The molecule has 0 saturated carbocycles. The number of para-hydroxylation sites is 1. The summed E-state index contributed by atoms with van der Waals surface area (Å²) in [5, 5.41) is 10.7. The third kappa shape index (κ3) is 3.77. The molecule has 2 fully saturated rings. The second-order valence-corrected chi connectivity index (χ2v) is 11.2. The van der Waals surface area contributed by atoms with E-state index in [0.717, 1.165) is 5.69 Å². The number of carbonyl (C=O) groups excluding carboxylic acids is 3. The van der Waals surface area contributed by atoms with Gasteiger partial charge < -0.3 is 24.5 Å². The van der Waals surface area contributed by atoms with E-state index in [2.05, 4.69) is 0 Å². The van der Waals surface area contributed by atoms with E-state index < -0.39 is 35.1 Å². The Morgan fingerprint density at radius 1 is 0.897 bits per heavy atom.